The van der Waals surface area contributed by atoms with Gasteiger partial charge in [-0.3, -0.25) is 4.79 Å². The molecule has 0 aromatic rings. The quantitative estimate of drug-likeness (QED) is 0.829. The summed E-state index contributed by atoms with van der Waals surface area (Å²) in [6.45, 7) is 7.24. The van der Waals surface area contributed by atoms with Gasteiger partial charge in [-0.1, -0.05) is 13.8 Å². The van der Waals surface area contributed by atoms with E-state index >= 15 is 0 Å². The lowest BCUT2D eigenvalue weighted by Crippen LogP contribution is -2.50. The smallest absolute Gasteiger partial charge is 0.227 e. The number of ether oxygens (including phenoxy) is 1. The van der Waals surface area contributed by atoms with Crippen LogP contribution in [-0.4, -0.2) is 32.2 Å². The minimum atomic E-state index is -0.383. The molecule has 2 fully saturated rings. The summed E-state index contributed by atoms with van der Waals surface area (Å²) in [5, 5.41) is 3.17. The molecule has 1 heterocycles. The Kier molecular flexibility index (Phi) is 5.08. The Morgan fingerprint density at radius 3 is 2.35 bits per heavy atom. The fraction of sp³-hybridized carbons (Fsp3) is 0.938. The van der Waals surface area contributed by atoms with Crippen molar-refractivity contribution in [2.45, 2.75) is 52.4 Å². The zero-order valence-electron chi connectivity index (χ0n) is 13.0. The van der Waals surface area contributed by atoms with Crippen LogP contribution in [0.4, 0.5) is 0 Å². The van der Waals surface area contributed by atoms with Crippen LogP contribution in [0.5, 0.6) is 0 Å². The van der Waals surface area contributed by atoms with Gasteiger partial charge < -0.3 is 15.8 Å². The van der Waals surface area contributed by atoms with Gasteiger partial charge >= 0.3 is 0 Å². The van der Waals surface area contributed by atoms with Gasteiger partial charge in [0.05, 0.1) is 5.41 Å². The second-order valence-corrected chi connectivity index (χ2v) is 7.41. The number of hydrogen-bond acceptors (Lipinski definition) is 3. The standard InChI is InChI=1S/C16H30N2O2/c1-15(2)5-3-13(4-6-15)11-18-14(19)16(12-17)7-9-20-10-8-16/h13H,3-12,17H2,1-2H3,(H,18,19). The predicted molar refractivity (Wildman–Crippen MR) is 80.3 cm³/mol. The van der Waals surface area contributed by atoms with Gasteiger partial charge in [0.15, 0.2) is 0 Å². The van der Waals surface area contributed by atoms with E-state index in [0.29, 0.717) is 31.1 Å². The van der Waals surface area contributed by atoms with E-state index in [0.717, 1.165) is 19.4 Å². The monoisotopic (exact) mass is 282 g/mol. The Hall–Kier alpha value is -0.610. The molecule has 3 N–H and O–H groups in total. The number of hydrogen-bond donors (Lipinski definition) is 2. The molecule has 1 aliphatic carbocycles. The van der Waals surface area contributed by atoms with Crippen LogP contribution < -0.4 is 11.1 Å². The molecule has 1 aliphatic heterocycles. The Balaban J connectivity index is 1.80. The van der Waals surface area contributed by atoms with E-state index in [9.17, 15) is 4.79 Å². The van der Waals surface area contributed by atoms with Gasteiger partial charge in [0.1, 0.15) is 0 Å². The Morgan fingerprint density at radius 2 is 1.80 bits per heavy atom. The van der Waals surface area contributed by atoms with Gasteiger partial charge in [-0.15, -0.1) is 0 Å². The third-order valence-corrected chi connectivity index (χ3v) is 5.33. The zero-order valence-corrected chi connectivity index (χ0v) is 13.0. The van der Waals surface area contributed by atoms with Crippen LogP contribution in [0.3, 0.4) is 0 Å². The van der Waals surface area contributed by atoms with Crippen molar-refractivity contribution >= 4 is 5.91 Å². The molecule has 0 spiro atoms. The van der Waals surface area contributed by atoms with Crippen molar-refractivity contribution in [1.29, 1.82) is 0 Å². The van der Waals surface area contributed by atoms with Crippen molar-refractivity contribution < 1.29 is 9.53 Å². The molecule has 2 rings (SSSR count). The SMILES string of the molecule is CC1(C)CCC(CNC(=O)C2(CN)CCOCC2)CC1. The van der Waals surface area contributed by atoms with Crippen LogP contribution in [-0.2, 0) is 9.53 Å². The molecule has 0 unspecified atom stereocenters. The first-order valence-electron chi connectivity index (χ1n) is 8.04. The molecule has 1 saturated heterocycles. The van der Waals surface area contributed by atoms with Crippen LogP contribution >= 0.6 is 0 Å². The summed E-state index contributed by atoms with van der Waals surface area (Å²) in [7, 11) is 0. The van der Waals surface area contributed by atoms with E-state index < -0.39 is 0 Å². The van der Waals surface area contributed by atoms with Crippen LogP contribution in [0.2, 0.25) is 0 Å². The van der Waals surface area contributed by atoms with Gasteiger partial charge in [0.25, 0.3) is 0 Å². The molecule has 0 aromatic carbocycles. The molecular formula is C16H30N2O2. The Labute approximate surface area is 122 Å². The largest absolute Gasteiger partial charge is 0.381 e. The first-order chi connectivity index (χ1) is 9.47. The number of carbonyl (C=O) groups is 1. The molecule has 1 saturated carbocycles. The zero-order chi connectivity index (χ0) is 14.6. The summed E-state index contributed by atoms with van der Waals surface area (Å²) in [5.41, 5.74) is 5.97. The minimum absolute atomic E-state index is 0.146. The van der Waals surface area contributed by atoms with Gasteiger partial charge in [-0.2, -0.15) is 0 Å². The molecular weight excluding hydrogens is 252 g/mol. The highest BCUT2D eigenvalue weighted by Gasteiger charge is 2.39. The van der Waals surface area contributed by atoms with E-state index in [-0.39, 0.29) is 11.3 Å². The summed E-state index contributed by atoms with van der Waals surface area (Å²) in [5.74, 6) is 0.787. The molecule has 0 bridgehead atoms. The van der Waals surface area contributed by atoms with Crippen LogP contribution in [0.15, 0.2) is 0 Å². The normalized spacial score (nSPS) is 26.1. The van der Waals surface area contributed by atoms with Crippen LogP contribution in [0.1, 0.15) is 52.4 Å². The van der Waals surface area contributed by atoms with Gasteiger partial charge in [-0.25, -0.2) is 0 Å². The molecule has 4 heteroatoms. The topological polar surface area (TPSA) is 64.4 Å². The summed E-state index contributed by atoms with van der Waals surface area (Å²) < 4.78 is 5.36. The number of rotatable bonds is 4. The highest BCUT2D eigenvalue weighted by Crippen LogP contribution is 2.38. The molecule has 4 nitrogen and oxygen atoms in total. The first-order valence-corrected chi connectivity index (χ1v) is 8.04. The maximum absolute atomic E-state index is 12.5. The third-order valence-electron chi connectivity index (χ3n) is 5.33. The van der Waals surface area contributed by atoms with Gasteiger partial charge in [0, 0.05) is 26.3 Å². The lowest BCUT2D eigenvalue weighted by atomic mass is 9.73. The highest BCUT2D eigenvalue weighted by atomic mass is 16.5. The summed E-state index contributed by atoms with van der Waals surface area (Å²) in [6, 6.07) is 0. The van der Waals surface area contributed by atoms with Crippen molar-refractivity contribution in [3.8, 4) is 0 Å². The average Bonchev–Trinajstić information content (AvgIpc) is 2.46. The fourth-order valence-corrected chi connectivity index (χ4v) is 3.37. The van der Waals surface area contributed by atoms with E-state index in [4.69, 9.17) is 10.5 Å². The molecule has 1 amide bonds. The fourth-order valence-electron chi connectivity index (χ4n) is 3.37. The van der Waals surface area contributed by atoms with E-state index in [1.54, 1.807) is 0 Å². The molecule has 2 aliphatic rings. The first kappa shape index (κ1) is 15.8. The van der Waals surface area contributed by atoms with Crippen molar-refractivity contribution in [2.24, 2.45) is 22.5 Å². The lowest BCUT2D eigenvalue weighted by molar-refractivity contribution is -0.136. The van der Waals surface area contributed by atoms with Crippen LogP contribution in [0.25, 0.3) is 0 Å². The third kappa shape index (κ3) is 3.73. The van der Waals surface area contributed by atoms with E-state index in [1.807, 2.05) is 0 Å². The lowest BCUT2D eigenvalue weighted by Gasteiger charge is -2.37. The number of nitrogens with two attached hydrogens (primary N) is 1. The van der Waals surface area contributed by atoms with Gasteiger partial charge in [0.2, 0.25) is 5.91 Å². The van der Waals surface area contributed by atoms with Gasteiger partial charge in [-0.05, 0) is 49.9 Å². The van der Waals surface area contributed by atoms with Crippen molar-refractivity contribution in [3.63, 3.8) is 0 Å². The second kappa shape index (κ2) is 6.44. The maximum Gasteiger partial charge on any atom is 0.227 e. The van der Waals surface area contributed by atoms with E-state index in [1.165, 1.54) is 25.7 Å². The number of amides is 1. The highest BCUT2D eigenvalue weighted by molar-refractivity contribution is 5.83. The molecule has 0 atom stereocenters. The summed E-state index contributed by atoms with van der Waals surface area (Å²) >= 11 is 0. The number of carbonyl (C=O) groups excluding carboxylic acids is 1. The summed E-state index contributed by atoms with van der Waals surface area (Å²) in [6.07, 6.45) is 6.50. The average molecular weight is 282 g/mol. The molecule has 0 aromatic heterocycles. The predicted octanol–water partition coefficient (Wildman–Crippen LogP) is 2.07. The summed E-state index contributed by atoms with van der Waals surface area (Å²) in [4.78, 5) is 12.5. The van der Waals surface area contributed by atoms with E-state index in [2.05, 4.69) is 19.2 Å². The molecule has 116 valence electrons. The second-order valence-electron chi connectivity index (χ2n) is 7.41. The Bertz CT molecular complexity index is 325. The van der Waals surface area contributed by atoms with Crippen molar-refractivity contribution in [1.82, 2.24) is 5.32 Å². The molecule has 0 radical (unpaired) electrons. The maximum atomic E-state index is 12.5. The number of nitrogens with one attached hydrogen (secondary N) is 1. The minimum Gasteiger partial charge on any atom is -0.381 e. The molecule has 20 heavy (non-hydrogen) atoms. The Morgan fingerprint density at radius 1 is 1.20 bits per heavy atom. The van der Waals surface area contributed by atoms with Crippen molar-refractivity contribution in [3.05, 3.63) is 0 Å². The van der Waals surface area contributed by atoms with Crippen LogP contribution in [0, 0.1) is 16.7 Å². The van der Waals surface area contributed by atoms with Crippen molar-refractivity contribution in [2.75, 3.05) is 26.3 Å².